The van der Waals surface area contributed by atoms with Crippen LogP contribution in [0.4, 0.5) is 0 Å². The van der Waals surface area contributed by atoms with E-state index >= 15 is 0 Å². The molecule has 0 bridgehead atoms. The van der Waals surface area contributed by atoms with Crippen LogP contribution in [0.2, 0.25) is 0 Å². The van der Waals surface area contributed by atoms with Crippen molar-refractivity contribution in [3.63, 3.8) is 0 Å². The number of nitrogens with zero attached hydrogens (tertiary/aromatic N) is 4. The molecule has 70 heavy (non-hydrogen) atoms. The molecule has 1 aliphatic heterocycles. The highest BCUT2D eigenvalue weighted by Crippen LogP contribution is 2.64. The minimum atomic E-state index is -0.733. The summed E-state index contributed by atoms with van der Waals surface area (Å²) < 4.78 is 16.0. The standard InChI is InChI=1S/C64H38N4O2/c1-4-19-39(20-5-1)61-65-62(40-21-6-2-7-22-40)67-63(66-61)45-27-18-30-51-57(45)47-37-41(35-36-48(47)64(51)49-28-12-16-33-54(49)70-55-34-17-13-29-50(55)64)46-38-56-59(44-26-11-15-32-53(44)69-56)60-58(46)43-25-10-14-31-52(43)68(60)42-23-8-3-9-24-42/h1-38H. The zero-order chi connectivity index (χ0) is 45.9. The van der Waals surface area contributed by atoms with Gasteiger partial charge in [0.2, 0.25) is 0 Å². The zero-order valence-corrected chi connectivity index (χ0v) is 37.5. The first kappa shape index (κ1) is 38.7. The average molecular weight is 895 g/mol. The molecule has 0 saturated carbocycles. The van der Waals surface area contributed by atoms with Gasteiger partial charge in [-0.2, -0.15) is 0 Å². The van der Waals surface area contributed by atoms with Crippen LogP contribution in [0.1, 0.15) is 22.3 Å². The Morgan fingerprint density at radius 3 is 1.67 bits per heavy atom. The van der Waals surface area contributed by atoms with Crippen molar-refractivity contribution >= 4 is 43.7 Å². The maximum atomic E-state index is 6.85. The number of benzene rings is 10. The fourth-order valence-corrected chi connectivity index (χ4v) is 11.7. The molecule has 0 amide bonds. The maximum absolute atomic E-state index is 6.85. The number of ether oxygens (including phenoxy) is 1. The molecule has 1 aliphatic carbocycles. The molecule has 0 saturated heterocycles. The molecule has 10 aromatic carbocycles. The zero-order valence-electron chi connectivity index (χ0n) is 37.5. The third kappa shape index (κ3) is 5.41. The van der Waals surface area contributed by atoms with Crippen LogP contribution in [0, 0.1) is 0 Å². The fourth-order valence-electron chi connectivity index (χ4n) is 11.7. The Bertz CT molecular complexity index is 4170. The summed E-state index contributed by atoms with van der Waals surface area (Å²) in [5, 5.41) is 4.51. The molecule has 6 heteroatoms. The Morgan fingerprint density at radius 2 is 0.957 bits per heavy atom. The van der Waals surface area contributed by atoms with Crippen LogP contribution in [-0.2, 0) is 5.41 Å². The molecule has 0 atom stereocenters. The van der Waals surface area contributed by atoms with Crippen molar-refractivity contribution in [3.8, 4) is 73.6 Å². The van der Waals surface area contributed by atoms with E-state index < -0.39 is 5.41 Å². The average Bonchev–Trinajstić information content (AvgIpc) is 4.08. The van der Waals surface area contributed by atoms with E-state index in [1.165, 1.54) is 10.8 Å². The number of hydrogen-bond acceptors (Lipinski definition) is 5. The lowest BCUT2D eigenvalue weighted by molar-refractivity contribution is 0.436. The van der Waals surface area contributed by atoms with Crippen molar-refractivity contribution in [2.24, 2.45) is 0 Å². The van der Waals surface area contributed by atoms with Gasteiger partial charge >= 0.3 is 0 Å². The highest BCUT2D eigenvalue weighted by atomic mass is 16.5. The Kier molecular flexibility index (Phi) is 8.18. The van der Waals surface area contributed by atoms with E-state index in [9.17, 15) is 0 Å². The normalized spacial score (nSPS) is 13.1. The topological polar surface area (TPSA) is 66.0 Å². The number of hydrogen-bond donors (Lipinski definition) is 0. The molecule has 2 aliphatic rings. The van der Waals surface area contributed by atoms with Gasteiger partial charge in [-0.1, -0.05) is 182 Å². The molecular weight excluding hydrogens is 857 g/mol. The van der Waals surface area contributed by atoms with Gasteiger partial charge in [0.05, 0.1) is 21.8 Å². The van der Waals surface area contributed by atoms with Gasteiger partial charge in [-0.05, 0) is 81.9 Å². The minimum Gasteiger partial charge on any atom is -0.457 e. The van der Waals surface area contributed by atoms with Crippen LogP contribution in [0.3, 0.4) is 0 Å². The first-order chi connectivity index (χ1) is 34.7. The van der Waals surface area contributed by atoms with E-state index in [2.05, 4.69) is 193 Å². The van der Waals surface area contributed by atoms with Crippen molar-refractivity contribution < 1.29 is 9.15 Å². The Hall–Kier alpha value is -9.39. The number of aromatic nitrogens is 4. The van der Waals surface area contributed by atoms with Crippen molar-refractivity contribution in [1.29, 1.82) is 0 Å². The quantitative estimate of drug-likeness (QED) is 0.172. The lowest BCUT2D eigenvalue weighted by Gasteiger charge is -2.39. The van der Waals surface area contributed by atoms with Crippen LogP contribution >= 0.6 is 0 Å². The van der Waals surface area contributed by atoms with E-state index in [1.807, 2.05) is 42.5 Å². The molecule has 0 N–H and O–H groups in total. The van der Waals surface area contributed by atoms with Crippen LogP contribution in [0.15, 0.2) is 235 Å². The molecule has 1 spiro atoms. The SMILES string of the molecule is c1ccc(-c2nc(-c3ccccc3)nc(-c3cccc4c3-c3cc(-c5cc6oc7ccccc7c6c6c5c5ccccc5n6-c5ccccc5)ccc3C43c4ccccc4Oc4ccccc43)n2)cc1. The van der Waals surface area contributed by atoms with Crippen molar-refractivity contribution in [2.45, 2.75) is 5.41 Å². The van der Waals surface area contributed by atoms with Crippen LogP contribution < -0.4 is 4.74 Å². The van der Waals surface area contributed by atoms with Gasteiger partial charge in [-0.25, -0.2) is 15.0 Å². The van der Waals surface area contributed by atoms with Crippen molar-refractivity contribution in [3.05, 3.63) is 253 Å². The predicted octanol–water partition coefficient (Wildman–Crippen LogP) is 16.0. The summed E-state index contributed by atoms with van der Waals surface area (Å²) in [7, 11) is 0. The number of para-hydroxylation sites is 5. The minimum absolute atomic E-state index is 0.601. The van der Waals surface area contributed by atoms with E-state index in [0.717, 1.165) is 111 Å². The van der Waals surface area contributed by atoms with E-state index in [1.54, 1.807) is 0 Å². The van der Waals surface area contributed by atoms with Gasteiger partial charge in [0, 0.05) is 49.7 Å². The third-order valence-electron chi connectivity index (χ3n) is 14.5. The number of furan rings is 1. The van der Waals surface area contributed by atoms with Crippen molar-refractivity contribution in [2.75, 3.05) is 0 Å². The smallest absolute Gasteiger partial charge is 0.164 e. The van der Waals surface area contributed by atoms with Gasteiger partial charge in [0.1, 0.15) is 22.7 Å². The summed E-state index contributed by atoms with van der Waals surface area (Å²) >= 11 is 0. The summed E-state index contributed by atoms with van der Waals surface area (Å²) in [6.45, 7) is 0. The molecule has 4 heterocycles. The Balaban J connectivity index is 1.07. The molecule has 0 fully saturated rings. The van der Waals surface area contributed by atoms with Crippen molar-refractivity contribution in [1.82, 2.24) is 19.5 Å². The summed E-state index contributed by atoms with van der Waals surface area (Å²) in [6, 6.07) is 81.2. The molecule has 3 aromatic heterocycles. The summed E-state index contributed by atoms with van der Waals surface area (Å²) in [6.07, 6.45) is 0. The van der Waals surface area contributed by atoms with E-state index in [4.69, 9.17) is 24.1 Å². The predicted molar refractivity (Wildman–Crippen MR) is 281 cm³/mol. The first-order valence-corrected chi connectivity index (χ1v) is 23.7. The molecule has 326 valence electrons. The number of fused-ring (bicyclic) bond motifs is 16. The lowest BCUT2D eigenvalue weighted by Crippen LogP contribution is -2.32. The summed E-state index contributed by atoms with van der Waals surface area (Å²) in [5.41, 5.74) is 15.8. The second-order valence-corrected chi connectivity index (χ2v) is 18.2. The number of rotatable bonds is 5. The highest BCUT2D eigenvalue weighted by Gasteiger charge is 2.52. The van der Waals surface area contributed by atoms with Crippen LogP contribution in [-0.4, -0.2) is 19.5 Å². The van der Waals surface area contributed by atoms with Crippen LogP contribution in [0.25, 0.3) is 106 Å². The molecule has 13 aromatic rings. The van der Waals surface area contributed by atoms with Gasteiger partial charge in [-0.15, -0.1) is 0 Å². The Labute approximate surface area is 402 Å². The highest BCUT2D eigenvalue weighted by molar-refractivity contribution is 6.28. The molecular formula is C64H38N4O2. The molecule has 0 unspecified atom stereocenters. The van der Waals surface area contributed by atoms with Gasteiger partial charge in [-0.3, -0.25) is 0 Å². The van der Waals surface area contributed by atoms with Gasteiger partial charge in [0.25, 0.3) is 0 Å². The largest absolute Gasteiger partial charge is 0.457 e. The Morgan fingerprint density at radius 1 is 0.371 bits per heavy atom. The molecule has 0 radical (unpaired) electrons. The van der Waals surface area contributed by atoms with Gasteiger partial charge < -0.3 is 13.7 Å². The molecule has 6 nitrogen and oxygen atoms in total. The second-order valence-electron chi connectivity index (χ2n) is 18.2. The monoisotopic (exact) mass is 894 g/mol. The lowest BCUT2D eigenvalue weighted by atomic mass is 9.66. The van der Waals surface area contributed by atoms with E-state index in [0.29, 0.717) is 17.5 Å². The molecule has 15 rings (SSSR count). The maximum Gasteiger partial charge on any atom is 0.164 e. The summed E-state index contributed by atoms with van der Waals surface area (Å²) in [5.74, 6) is 3.49. The fraction of sp³-hybridized carbons (Fsp3) is 0.0156. The van der Waals surface area contributed by atoms with Crippen LogP contribution in [0.5, 0.6) is 11.5 Å². The van der Waals surface area contributed by atoms with E-state index in [-0.39, 0.29) is 0 Å². The first-order valence-electron chi connectivity index (χ1n) is 23.7. The third-order valence-corrected chi connectivity index (χ3v) is 14.5. The second kappa shape index (κ2) is 14.8. The van der Waals surface area contributed by atoms with Gasteiger partial charge in [0.15, 0.2) is 17.5 Å². The summed E-state index contributed by atoms with van der Waals surface area (Å²) in [4.78, 5) is 15.8.